The number of fused-ring (bicyclic) bond motifs is 3. The highest BCUT2D eigenvalue weighted by molar-refractivity contribution is 5.94. The second-order valence-electron chi connectivity index (χ2n) is 8.38. The van der Waals surface area contributed by atoms with Crippen LogP contribution >= 0.6 is 0 Å². The van der Waals surface area contributed by atoms with E-state index in [2.05, 4.69) is 15.4 Å². The highest BCUT2D eigenvalue weighted by atomic mass is 16.5. The lowest BCUT2D eigenvalue weighted by molar-refractivity contribution is -0.149. The topological polar surface area (TPSA) is 131 Å². The number of esters is 1. The summed E-state index contributed by atoms with van der Waals surface area (Å²) < 4.78 is 10.1. The summed E-state index contributed by atoms with van der Waals surface area (Å²) in [7, 11) is 1.13. The predicted molar refractivity (Wildman–Crippen MR) is 128 cm³/mol. The molecule has 3 rings (SSSR count). The Bertz CT molecular complexity index is 1060. The van der Waals surface area contributed by atoms with Crippen LogP contribution < -0.4 is 10.6 Å². The minimum atomic E-state index is -1.49. The maximum Gasteiger partial charge on any atom is 0.408 e. The fourth-order valence-electron chi connectivity index (χ4n) is 4.38. The maximum absolute atomic E-state index is 13.0. The molecule has 0 spiro atoms. The van der Waals surface area contributed by atoms with E-state index >= 15 is 0 Å². The molecule has 1 aliphatic rings. The summed E-state index contributed by atoms with van der Waals surface area (Å²) in [4.78, 5) is 48.9. The molecule has 0 bridgehead atoms. The van der Waals surface area contributed by atoms with Gasteiger partial charge in [0.2, 0.25) is 5.91 Å². The molecule has 9 nitrogen and oxygen atoms in total. The zero-order valence-corrected chi connectivity index (χ0v) is 20.0. The third-order valence-corrected chi connectivity index (χ3v) is 6.53. The van der Waals surface area contributed by atoms with Crippen molar-refractivity contribution in [3.05, 3.63) is 59.7 Å². The molecule has 0 aromatic heterocycles. The molecule has 0 saturated carbocycles. The molecule has 0 saturated heterocycles. The van der Waals surface area contributed by atoms with Crippen molar-refractivity contribution in [3.63, 3.8) is 0 Å². The number of aliphatic carboxylic acids is 1. The van der Waals surface area contributed by atoms with Crippen molar-refractivity contribution in [1.29, 1.82) is 0 Å². The van der Waals surface area contributed by atoms with Gasteiger partial charge in [0.25, 0.3) is 0 Å². The van der Waals surface area contributed by atoms with Crippen LogP contribution in [0.5, 0.6) is 0 Å². The van der Waals surface area contributed by atoms with Crippen LogP contribution in [-0.4, -0.2) is 54.3 Å². The number of hydrogen-bond donors (Lipinski definition) is 3. The van der Waals surface area contributed by atoms with E-state index in [4.69, 9.17) is 4.74 Å². The van der Waals surface area contributed by atoms with Crippen molar-refractivity contribution >= 4 is 23.9 Å². The Morgan fingerprint density at radius 2 is 1.51 bits per heavy atom. The van der Waals surface area contributed by atoms with Gasteiger partial charge in [-0.1, -0.05) is 62.4 Å². The van der Waals surface area contributed by atoms with E-state index in [1.807, 2.05) is 48.5 Å². The SMILES string of the molecule is CCC(CC)(NC(=O)OCC1c2ccccc2-c2ccccc21)C(=O)N[C@@H](CC(=O)OC)C(=O)O. The average molecular weight is 483 g/mol. The molecule has 0 heterocycles. The second kappa shape index (κ2) is 11.0. The molecule has 2 amide bonds. The second-order valence-corrected chi connectivity index (χ2v) is 8.38. The van der Waals surface area contributed by atoms with Gasteiger partial charge in [-0.05, 0) is 35.1 Å². The fourth-order valence-corrected chi connectivity index (χ4v) is 4.38. The van der Waals surface area contributed by atoms with Gasteiger partial charge in [-0.15, -0.1) is 0 Å². The number of rotatable bonds is 10. The number of methoxy groups -OCH3 is 1. The summed E-state index contributed by atoms with van der Waals surface area (Å²) >= 11 is 0. The molecule has 1 aliphatic carbocycles. The Morgan fingerprint density at radius 1 is 0.971 bits per heavy atom. The molecule has 1 atom stereocenters. The molecule has 35 heavy (non-hydrogen) atoms. The van der Waals surface area contributed by atoms with Crippen LogP contribution in [0.2, 0.25) is 0 Å². The molecule has 9 heteroatoms. The van der Waals surface area contributed by atoms with Crippen molar-refractivity contribution in [2.24, 2.45) is 0 Å². The number of alkyl carbamates (subject to hydrolysis) is 1. The largest absolute Gasteiger partial charge is 0.480 e. The van der Waals surface area contributed by atoms with Gasteiger partial charge in [0, 0.05) is 5.92 Å². The van der Waals surface area contributed by atoms with Crippen molar-refractivity contribution in [1.82, 2.24) is 10.6 Å². The van der Waals surface area contributed by atoms with Gasteiger partial charge in [0.1, 0.15) is 18.2 Å². The summed E-state index contributed by atoms with van der Waals surface area (Å²) in [5, 5.41) is 14.4. The van der Waals surface area contributed by atoms with Crippen molar-refractivity contribution < 1.29 is 33.8 Å². The molecule has 3 N–H and O–H groups in total. The highest BCUT2D eigenvalue weighted by Gasteiger charge is 2.40. The zero-order valence-electron chi connectivity index (χ0n) is 20.0. The Balaban J connectivity index is 1.70. The lowest BCUT2D eigenvalue weighted by atomic mass is 9.91. The van der Waals surface area contributed by atoms with Crippen LogP contribution in [0.3, 0.4) is 0 Å². The summed E-state index contributed by atoms with van der Waals surface area (Å²) in [6.45, 7) is 3.47. The smallest absolute Gasteiger partial charge is 0.408 e. The first kappa shape index (κ1) is 25.7. The van der Waals surface area contributed by atoms with Gasteiger partial charge in [0.05, 0.1) is 13.5 Å². The standard InChI is InChI=1S/C26H30N2O7/c1-4-26(5-2,24(32)27-21(23(30)31)14-22(29)34-3)28-25(33)35-15-20-18-12-8-6-10-16(18)17-11-7-9-13-19(17)20/h6-13,20-21H,4-5,14-15H2,1-3H3,(H,27,32)(H,28,33)(H,30,31)/t21-/m0/s1. The lowest BCUT2D eigenvalue weighted by Crippen LogP contribution is -2.61. The van der Waals surface area contributed by atoms with Crippen molar-refractivity contribution in [2.75, 3.05) is 13.7 Å². The number of ether oxygens (including phenoxy) is 2. The van der Waals surface area contributed by atoms with Crippen LogP contribution in [0.1, 0.15) is 50.2 Å². The molecular weight excluding hydrogens is 452 g/mol. The summed E-state index contributed by atoms with van der Waals surface area (Å²) in [5.41, 5.74) is 2.90. The van der Waals surface area contributed by atoms with E-state index in [0.29, 0.717) is 0 Å². The lowest BCUT2D eigenvalue weighted by Gasteiger charge is -2.32. The number of nitrogens with one attached hydrogen (secondary N) is 2. The van der Waals surface area contributed by atoms with Crippen LogP contribution in [0.4, 0.5) is 4.79 Å². The fraction of sp³-hybridized carbons (Fsp3) is 0.385. The van der Waals surface area contributed by atoms with Crippen LogP contribution in [0.15, 0.2) is 48.5 Å². The van der Waals surface area contributed by atoms with E-state index < -0.39 is 41.9 Å². The van der Waals surface area contributed by atoms with E-state index in [9.17, 15) is 24.3 Å². The van der Waals surface area contributed by atoms with Crippen LogP contribution in [-0.2, 0) is 23.9 Å². The maximum atomic E-state index is 13.0. The molecule has 186 valence electrons. The number of amides is 2. The molecule has 0 unspecified atom stereocenters. The van der Waals surface area contributed by atoms with Gasteiger partial charge in [0.15, 0.2) is 0 Å². The number of carboxylic acids is 1. The third-order valence-electron chi connectivity index (χ3n) is 6.53. The number of carbonyl (C=O) groups excluding carboxylic acids is 3. The minimum Gasteiger partial charge on any atom is -0.480 e. The number of benzene rings is 2. The molecule has 0 radical (unpaired) electrons. The van der Waals surface area contributed by atoms with E-state index in [0.717, 1.165) is 29.4 Å². The Morgan fingerprint density at radius 3 is 2.00 bits per heavy atom. The highest BCUT2D eigenvalue weighted by Crippen LogP contribution is 2.44. The average Bonchev–Trinajstić information content (AvgIpc) is 3.19. The van der Waals surface area contributed by atoms with Gasteiger partial charge in [-0.2, -0.15) is 0 Å². The number of carbonyl (C=O) groups is 4. The number of hydrogen-bond acceptors (Lipinski definition) is 6. The first-order chi connectivity index (χ1) is 16.8. The molecule has 0 fully saturated rings. The monoisotopic (exact) mass is 482 g/mol. The van der Waals surface area contributed by atoms with Crippen molar-refractivity contribution in [2.45, 2.75) is 50.6 Å². The van der Waals surface area contributed by atoms with E-state index in [1.54, 1.807) is 13.8 Å². The van der Waals surface area contributed by atoms with Gasteiger partial charge in [-0.3, -0.25) is 9.59 Å². The minimum absolute atomic E-state index is 0.0745. The van der Waals surface area contributed by atoms with Gasteiger partial charge < -0.3 is 25.2 Å². The van der Waals surface area contributed by atoms with Gasteiger partial charge >= 0.3 is 18.0 Å². The third kappa shape index (κ3) is 5.45. The Labute approximate surface area is 203 Å². The van der Waals surface area contributed by atoms with Crippen LogP contribution in [0, 0.1) is 0 Å². The first-order valence-corrected chi connectivity index (χ1v) is 11.5. The molecule has 0 aliphatic heterocycles. The number of carboxylic acid groups (broad SMARTS) is 1. The predicted octanol–water partition coefficient (Wildman–Crippen LogP) is 3.22. The zero-order chi connectivity index (χ0) is 25.6. The molecule has 2 aromatic carbocycles. The normalized spacial score (nSPS) is 13.2. The quantitative estimate of drug-likeness (QED) is 0.443. The summed E-state index contributed by atoms with van der Waals surface area (Å²) in [5.74, 6) is -3.02. The van der Waals surface area contributed by atoms with E-state index in [-0.39, 0.29) is 25.4 Å². The Hall–Kier alpha value is -3.88. The first-order valence-electron chi connectivity index (χ1n) is 11.5. The Kier molecular flexibility index (Phi) is 8.11. The van der Waals surface area contributed by atoms with Crippen molar-refractivity contribution in [3.8, 4) is 11.1 Å². The molecular formula is C26H30N2O7. The molecule has 2 aromatic rings. The summed E-state index contributed by atoms with van der Waals surface area (Å²) in [6, 6.07) is 14.4. The van der Waals surface area contributed by atoms with Gasteiger partial charge in [-0.25, -0.2) is 9.59 Å². The van der Waals surface area contributed by atoms with E-state index in [1.165, 1.54) is 0 Å². The van der Waals surface area contributed by atoms with Crippen LogP contribution in [0.25, 0.3) is 11.1 Å². The summed E-state index contributed by atoms with van der Waals surface area (Å²) in [6.07, 6.45) is -0.953.